The second-order valence-electron chi connectivity index (χ2n) is 6.04. The topological polar surface area (TPSA) is 29.1 Å². The lowest BCUT2D eigenvalue weighted by atomic mass is 9.85. The minimum Gasteiger partial charge on any atom is -0.349 e. The van der Waals surface area contributed by atoms with Crippen molar-refractivity contribution in [3.05, 3.63) is 107 Å². The molecule has 2 nitrogen and oxygen atoms in total. The molecular formula is C22H20FNO. The molecule has 3 aromatic rings. The van der Waals surface area contributed by atoms with Gasteiger partial charge in [-0.2, -0.15) is 0 Å². The molecule has 0 saturated heterocycles. The van der Waals surface area contributed by atoms with Crippen molar-refractivity contribution in [3.8, 4) is 0 Å². The highest BCUT2D eigenvalue weighted by Gasteiger charge is 2.24. The zero-order chi connectivity index (χ0) is 17.6. The SMILES string of the molecule is CC(NC(=O)c1ccccc1F)C(c1ccccc1)c1ccccc1. The second-order valence-corrected chi connectivity index (χ2v) is 6.04. The van der Waals surface area contributed by atoms with Gasteiger partial charge in [-0.15, -0.1) is 0 Å². The molecule has 1 N–H and O–H groups in total. The van der Waals surface area contributed by atoms with Gasteiger partial charge in [-0.1, -0.05) is 72.8 Å². The van der Waals surface area contributed by atoms with Gasteiger partial charge < -0.3 is 5.32 Å². The molecule has 0 fully saturated rings. The number of nitrogens with one attached hydrogen (secondary N) is 1. The molecule has 0 aliphatic heterocycles. The summed E-state index contributed by atoms with van der Waals surface area (Å²) in [5.41, 5.74) is 2.28. The molecule has 1 unspecified atom stereocenters. The maximum absolute atomic E-state index is 13.9. The Morgan fingerprint density at radius 3 is 1.80 bits per heavy atom. The monoisotopic (exact) mass is 333 g/mol. The van der Waals surface area contributed by atoms with E-state index in [2.05, 4.69) is 5.32 Å². The number of rotatable bonds is 5. The minimum absolute atomic E-state index is 0.0156. The smallest absolute Gasteiger partial charge is 0.254 e. The van der Waals surface area contributed by atoms with Crippen LogP contribution in [-0.2, 0) is 0 Å². The van der Waals surface area contributed by atoms with Gasteiger partial charge in [0.1, 0.15) is 5.82 Å². The summed E-state index contributed by atoms with van der Waals surface area (Å²) in [6.45, 7) is 1.95. The molecule has 0 heterocycles. The van der Waals surface area contributed by atoms with Gasteiger partial charge in [0, 0.05) is 12.0 Å². The van der Waals surface area contributed by atoms with Crippen LogP contribution in [0.2, 0.25) is 0 Å². The third-order valence-corrected chi connectivity index (χ3v) is 4.29. The summed E-state index contributed by atoms with van der Waals surface area (Å²) < 4.78 is 13.9. The first kappa shape index (κ1) is 16.9. The van der Waals surface area contributed by atoms with Gasteiger partial charge in [-0.25, -0.2) is 4.39 Å². The van der Waals surface area contributed by atoms with Crippen LogP contribution < -0.4 is 5.32 Å². The minimum atomic E-state index is -0.511. The predicted octanol–water partition coefficient (Wildman–Crippen LogP) is 4.78. The van der Waals surface area contributed by atoms with Gasteiger partial charge in [-0.3, -0.25) is 4.79 Å². The summed E-state index contributed by atoms with van der Waals surface area (Å²) >= 11 is 0. The Labute approximate surface area is 147 Å². The molecule has 0 saturated carbocycles. The maximum Gasteiger partial charge on any atom is 0.254 e. The largest absolute Gasteiger partial charge is 0.349 e. The van der Waals surface area contributed by atoms with Crippen LogP contribution in [0, 0.1) is 5.82 Å². The van der Waals surface area contributed by atoms with Crippen LogP contribution in [-0.4, -0.2) is 11.9 Å². The number of amides is 1. The molecule has 3 rings (SSSR count). The number of carbonyl (C=O) groups is 1. The highest BCUT2D eigenvalue weighted by molar-refractivity contribution is 5.94. The Hall–Kier alpha value is -2.94. The van der Waals surface area contributed by atoms with E-state index < -0.39 is 11.7 Å². The van der Waals surface area contributed by atoms with Crippen molar-refractivity contribution in [1.29, 1.82) is 0 Å². The normalized spacial score (nSPS) is 12.0. The van der Waals surface area contributed by atoms with Gasteiger partial charge in [0.05, 0.1) is 5.56 Å². The first-order valence-corrected chi connectivity index (χ1v) is 8.32. The molecule has 126 valence electrons. The van der Waals surface area contributed by atoms with E-state index in [1.807, 2.05) is 67.6 Å². The molecule has 3 heteroatoms. The van der Waals surface area contributed by atoms with Crippen molar-refractivity contribution in [2.24, 2.45) is 0 Å². The Bertz CT molecular complexity index is 793. The molecular weight excluding hydrogens is 313 g/mol. The Morgan fingerprint density at radius 1 is 0.800 bits per heavy atom. The van der Waals surface area contributed by atoms with E-state index in [1.54, 1.807) is 12.1 Å². The molecule has 1 amide bonds. The first-order chi connectivity index (χ1) is 12.2. The molecule has 0 bridgehead atoms. The molecule has 1 atom stereocenters. The summed E-state index contributed by atoms with van der Waals surface area (Å²) in [5.74, 6) is -0.927. The summed E-state index contributed by atoms with van der Waals surface area (Å²) in [4.78, 5) is 12.5. The fourth-order valence-corrected chi connectivity index (χ4v) is 3.10. The van der Waals surface area contributed by atoms with Crippen molar-refractivity contribution in [1.82, 2.24) is 5.32 Å². The Kier molecular flexibility index (Phi) is 5.24. The lowest BCUT2D eigenvalue weighted by Crippen LogP contribution is -2.37. The summed E-state index contributed by atoms with van der Waals surface area (Å²) in [6, 6.07) is 25.9. The third kappa shape index (κ3) is 3.94. The van der Waals surface area contributed by atoms with Gasteiger partial charge in [0.25, 0.3) is 5.91 Å². The number of hydrogen-bond acceptors (Lipinski definition) is 1. The van der Waals surface area contributed by atoms with Crippen LogP contribution in [0.1, 0.15) is 34.3 Å². The van der Waals surface area contributed by atoms with E-state index >= 15 is 0 Å². The standard InChI is InChI=1S/C22H20FNO/c1-16(24-22(25)19-14-8-9-15-20(19)23)21(17-10-4-2-5-11-17)18-12-6-3-7-13-18/h2-16,21H,1H3,(H,24,25). The van der Waals surface area contributed by atoms with Gasteiger partial charge >= 0.3 is 0 Å². The molecule has 0 radical (unpaired) electrons. The number of hydrogen-bond donors (Lipinski definition) is 1. The molecule has 0 aliphatic rings. The van der Waals surface area contributed by atoms with Crippen LogP contribution in [0.4, 0.5) is 4.39 Å². The summed E-state index contributed by atoms with van der Waals surface area (Å²) in [7, 11) is 0. The average Bonchev–Trinajstić information content (AvgIpc) is 2.64. The van der Waals surface area contributed by atoms with Crippen molar-refractivity contribution < 1.29 is 9.18 Å². The fraction of sp³-hybridized carbons (Fsp3) is 0.136. The first-order valence-electron chi connectivity index (χ1n) is 8.32. The zero-order valence-corrected chi connectivity index (χ0v) is 14.0. The van der Waals surface area contributed by atoms with Crippen molar-refractivity contribution >= 4 is 5.91 Å². The van der Waals surface area contributed by atoms with Crippen LogP contribution in [0.3, 0.4) is 0 Å². The Morgan fingerprint density at radius 2 is 1.28 bits per heavy atom. The predicted molar refractivity (Wildman–Crippen MR) is 98.1 cm³/mol. The van der Waals surface area contributed by atoms with E-state index in [0.717, 1.165) is 11.1 Å². The van der Waals surface area contributed by atoms with E-state index in [9.17, 15) is 9.18 Å². The van der Waals surface area contributed by atoms with Crippen molar-refractivity contribution in [2.75, 3.05) is 0 Å². The van der Waals surface area contributed by atoms with Crippen LogP contribution in [0.25, 0.3) is 0 Å². The molecule has 0 aliphatic carbocycles. The van der Waals surface area contributed by atoms with E-state index in [-0.39, 0.29) is 17.5 Å². The fourth-order valence-electron chi connectivity index (χ4n) is 3.10. The average molecular weight is 333 g/mol. The van der Waals surface area contributed by atoms with Crippen LogP contribution in [0.15, 0.2) is 84.9 Å². The molecule has 0 spiro atoms. The second kappa shape index (κ2) is 7.75. The van der Waals surface area contributed by atoms with Crippen LogP contribution in [0.5, 0.6) is 0 Å². The number of carbonyl (C=O) groups excluding carboxylic acids is 1. The summed E-state index contributed by atoms with van der Waals surface area (Å²) in [6.07, 6.45) is 0. The van der Waals surface area contributed by atoms with Gasteiger partial charge in [-0.05, 0) is 30.2 Å². The van der Waals surface area contributed by atoms with E-state index in [1.165, 1.54) is 12.1 Å². The molecule has 0 aromatic heterocycles. The lowest BCUT2D eigenvalue weighted by molar-refractivity contribution is 0.0933. The van der Waals surface area contributed by atoms with Gasteiger partial charge in [0.15, 0.2) is 0 Å². The number of halogens is 1. The van der Waals surface area contributed by atoms with Crippen molar-refractivity contribution in [2.45, 2.75) is 18.9 Å². The molecule has 3 aromatic carbocycles. The third-order valence-electron chi connectivity index (χ3n) is 4.29. The number of benzene rings is 3. The van der Waals surface area contributed by atoms with Crippen LogP contribution >= 0.6 is 0 Å². The van der Waals surface area contributed by atoms with Crippen molar-refractivity contribution in [3.63, 3.8) is 0 Å². The molecule has 25 heavy (non-hydrogen) atoms. The summed E-state index contributed by atoms with van der Waals surface area (Å²) in [5, 5.41) is 2.96. The highest BCUT2D eigenvalue weighted by Crippen LogP contribution is 2.28. The maximum atomic E-state index is 13.9. The van der Waals surface area contributed by atoms with E-state index in [0.29, 0.717) is 0 Å². The highest BCUT2D eigenvalue weighted by atomic mass is 19.1. The lowest BCUT2D eigenvalue weighted by Gasteiger charge is -2.26. The van der Waals surface area contributed by atoms with Gasteiger partial charge in [0.2, 0.25) is 0 Å². The Balaban J connectivity index is 1.89. The zero-order valence-electron chi connectivity index (χ0n) is 14.0. The quantitative estimate of drug-likeness (QED) is 0.715. The van der Waals surface area contributed by atoms with E-state index in [4.69, 9.17) is 0 Å².